The highest BCUT2D eigenvalue weighted by atomic mass is 16.5. The van der Waals surface area contributed by atoms with E-state index < -0.39 is 0 Å². The van der Waals surface area contributed by atoms with E-state index in [0.717, 1.165) is 68.1 Å². The van der Waals surface area contributed by atoms with Gasteiger partial charge in [-0.05, 0) is 42.9 Å². The van der Waals surface area contributed by atoms with Crippen molar-refractivity contribution in [2.75, 3.05) is 26.7 Å². The molecule has 0 bridgehead atoms. The summed E-state index contributed by atoms with van der Waals surface area (Å²) in [5.41, 5.74) is 2.86. The van der Waals surface area contributed by atoms with Gasteiger partial charge in [0.05, 0.1) is 18.4 Å². The number of ether oxygens (including phenoxy) is 1. The number of benzene rings is 1. The van der Waals surface area contributed by atoms with Crippen LogP contribution in [-0.4, -0.2) is 52.4 Å². The molecular formula is C26H32N4O3. The van der Waals surface area contributed by atoms with Gasteiger partial charge < -0.3 is 14.6 Å². The van der Waals surface area contributed by atoms with Crippen LogP contribution in [0.15, 0.2) is 41.2 Å². The molecule has 1 saturated heterocycles. The summed E-state index contributed by atoms with van der Waals surface area (Å²) < 4.78 is 5.23. The first kappa shape index (κ1) is 21.9. The Kier molecular flexibility index (Phi) is 6.31. The monoisotopic (exact) mass is 448 g/mol. The van der Waals surface area contributed by atoms with E-state index in [0.29, 0.717) is 25.4 Å². The molecule has 1 fully saturated rings. The second-order valence-electron chi connectivity index (χ2n) is 9.48. The van der Waals surface area contributed by atoms with Gasteiger partial charge in [-0.3, -0.25) is 14.5 Å². The number of H-pyrrole nitrogens is 1. The number of nitrogens with one attached hydrogen (secondary N) is 1. The molecule has 1 aromatic heterocycles. The highest BCUT2D eigenvalue weighted by molar-refractivity contribution is 5.77. The zero-order valence-corrected chi connectivity index (χ0v) is 19.3. The van der Waals surface area contributed by atoms with Crippen molar-refractivity contribution in [3.8, 4) is 5.75 Å². The van der Waals surface area contributed by atoms with Crippen LogP contribution in [0.4, 0.5) is 0 Å². The van der Waals surface area contributed by atoms with E-state index >= 15 is 0 Å². The maximum absolute atomic E-state index is 12.9. The summed E-state index contributed by atoms with van der Waals surface area (Å²) in [6.45, 7) is 3.67. The average Bonchev–Trinajstić information content (AvgIpc) is 3.52. The van der Waals surface area contributed by atoms with Crippen LogP contribution >= 0.6 is 0 Å². The molecule has 3 aliphatic rings. The normalized spacial score (nSPS) is 22.5. The summed E-state index contributed by atoms with van der Waals surface area (Å²) in [5, 5.41) is 0. The van der Waals surface area contributed by atoms with E-state index in [1.807, 2.05) is 17.0 Å². The summed E-state index contributed by atoms with van der Waals surface area (Å²) in [6, 6.07) is 8.06. The molecule has 5 rings (SSSR count). The highest BCUT2D eigenvalue weighted by Crippen LogP contribution is 2.28. The molecule has 7 heteroatoms. The van der Waals surface area contributed by atoms with Crippen LogP contribution in [0, 0.1) is 5.92 Å². The molecule has 1 aliphatic carbocycles. The molecular weight excluding hydrogens is 416 g/mol. The Morgan fingerprint density at radius 3 is 2.82 bits per heavy atom. The zero-order chi connectivity index (χ0) is 22.8. The Labute approximate surface area is 194 Å². The average molecular weight is 449 g/mol. The Morgan fingerprint density at radius 2 is 2.06 bits per heavy atom. The second kappa shape index (κ2) is 9.51. The van der Waals surface area contributed by atoms with E-state index in [1.165, 1.54) is 5.56 Å². The van der Waals surface area contributed by atoms with Crippen LogP contribution in [0.2, 0.25) is 0 Å². The number of aromatic amines is 1. The SMILES string of the molecule is COc1ccc(CN2CCc3nc([C@@H]4CCN(C(=O)C[C@@H]5C=CCC5)C4)[nH]c(=O)c3C2)cc1. The largest absolute Gasteiger partial charge is 0.497 e. The molecule has 2 atom stereocenters. The standard InChI is InChI=1S/C26H32N4O3/c1-33-21-8-6-19(7-9-21)15-29-12-11-23-22(17-29)26(32)28-25(27-23)20-10-13-30(16-20)24(31)14-18-4-2-3-5-18/h2,4,6-9,18,20H,3,5,10-17H2,1H3,(H,27,28,32)/t18-,20-/m1/s1. The fourth-order valence-corrected chi connectivity index (χ4v) is 5.25. The van der Waals surface area contributed by atoms with Crippen LogP contribution in [0.1, 0.15) is 54.2 Å². The number of aromatic nitrogens is 2. The smallest absolute Gasteiger partial charge is 0.255 e. The van der Waals surface area contributed by atoms with Crippen molar-refractivity contribution in [3.05, 3.63) is 69.4 Å². The van der Waals surface area contributed by atoms with Crippen LogP contribution in [0.25, 0.3) is 0 Å². The first-order valence-electron chi connectivity index (χ1n) is 12.0. The molecule has 2 aliphatic heterocycles. The number of carbonyl (C=O) groups excluding carboxylic acids is 1. The first-order chi connectivity index (χ1) is 16.1. The van der Waals surface area contributed by atoms with Gasteiger partial charge in [0.2, 0.25) is 5.91 Å². The molecule has 0 saturated carbocycles. The lowest BCUT2D eigenvalue weighted by Gasteiger charge is -2.28. The van der Waals surface area contributed by atoms with Crippen molar-refractivity contribution in [1.82, 2.24) is 19.8 Å². The number of fused-ring (bicyclic) bond motifs is 1. The van der Waals surface area contributed by atoms with Gasteiger partial charge in [-0.1, -0.05) is 24.3 Å². The van der Waals surface area contributed by atoms with Gasteiger partial charge in [0.1, 0.15) is 11.6 Å². The third kappa shape index (κ3) is 4.88. The molecule has 1 aromatic carbocycles. The molecule has 1 amide bonds. The van der Waals surface area contributed by atoms with Gasteiger partial charge in [0.15, 0.2) is 0 Å². The number of likely N-dealkylation sites (tertiary alicyclic amines) is 1. The third-order valence-corrected chi connectivity index (χ3v) is 7.21. The lowest BCUT2D eigenvalue weighted by atomic mass is 10.0. The van der Waals surface area contributed by atoms with Gasteiger partial charge in [-0.15, -0.1) is 0 Å². The predicted molar refractivity (Wildman–Crippen MR) is 126 cm³/mol. The lowest BCUT2D eigenvalue weighted by molar-refractivity contribution is -0.130. The quantitative estimate of drug-likeness (QED) is 0.688. The summed E-state index contributed by atoms with van der Waals surface area (Å²) in [7, 11) is 1.67. The minimum atomic E-state index is -0.0321. The minimum Gasteiger partial charge on any atom is -0.497 e. The topological polar surface area (TPSA) is 78.5 Å². The lowest BCUT2D eigenvalue weighted by Crippen LogP contribution is -2.36. The van der Waals surface area contributed by atoms with E-state index in [-0.39, 0.29) is 17.4 Å². The first-order valence-corrected chi connectivity index (χ1v) is 12.0. The Hall–Kier alpha value is -2.93. The van der Waals surface area contributed by atoms with Crippen molar-refractivity contribution >= 4 is 5.91 Å². The van der Waals surface area contributed by atoms with Crippen molar-refractivity contribution in [2.45, 2.75) is 51.1 Å². The number of hydrogen-bond acceptors (Lipinski definition) is 5. The molecule has 0 radical (unpaired) electrons. The number of carbonyl (C=O) groups is 1. The van der Waals surface area contributed by atoms with Gasteiger partial charge in [-0.2, -0.15) is 0 Å². The number of methoxy groups -OCH3 is 1. The van der Waals surface area contributed by atoms with Gasteiger partial charge >= 0.3 is 0 Å². The van der Waals surface area contributed by atoms with E-state index in [1.54, 1.807) is 7.11 Å². The Morgan fingerprint density at radius 1 is 1.21 bits per heavy atom. The zero-order valence-electron chi connectivity index (χ0n) is 19.3. The molecule has 0 unspecified atom stereocenters. The fraction of sp³-hybridized carbons (Fsp3) is 0.500. The summed E-state index contributed by atoms with van der Waals surface area (Å²) in [5.74, 6) is 2.32. The Bertz CT molecular complexity index is 1090. The summed E-state index contributed by atoms with van der Waals surface area (Å²) in [4.78, 5) is 37.8. The van der Waals surface area contributed by atoms with E-state index in [2.05, 4.69) is 34.2 Å². The summed E-state index contributed by atoms with van der Waals surface area (Å²) in [6.07, 6.45) is 8.73. The minimum absolute atomic E-state index is 0.0321. The van der Waals surface area contributed by atoms with Gasteiger partial charge in [0.25, 0.3) is 5.56 Å². The number of amides is 1. The molecule has 33 heavy (non-hydrogen) atoms. The molecule has 0 spiro atoms. The number of hydrogen-bond donors (Lipinski definition) is 1. The van der Waals surface area contributed by atoms with Crippen LogP contribution in [0.3, 0.4) is 0 Å². The van der Waals surface area contributed by atoms with Crippen molar-refractivity contribution in [1.29, 1.82) is 0 Å². The van der Waals surface area contributed by atoms with E-state index in [4.69, 9.17) is 9.72 Å². The predicted octanol–water partition coefficient (Wildman–Crippen LogP) is 3.01. The molecule has 174 valence electrons. The van der Waals surface area contributed by atoms with E-state index in [9.17, 15) is 9.59 Å². The number of nitrogens with zero attached hydrogens (tertiary/aromatic N) is 3. The van der Waals surface area contributed by atoms with Gasteiger partial charge in [-0.25, -0.2) is 4.98 Å². The molecule has 2 aromatic rings. The second-order valence-corrected chi connectivity index (χ2v) is 9.48. The molecule has 7 nitrogen and oxygen atoms in total. The maximum Gasteiger partial charge on any atom is 0.255 e. The molecule has 3 heterocycles. The van der Waals surface area contributed by atoms with Crippen molar-refractivity contribution < 1.29 is 9.53 Å². The fourth-order valence-electron chi connectivity index (χ4n) is 5.25. The van der Waals surface area contributed by atoms with Crippen molar-refractivity contribution in [3.63, 3.8) is 0 Å². The van der Waals surface area contributed by atoms with Gasteiger partial charge in [0, 0.05) is 51.5 Å². The Balaban J connectivity index is 1.22. The number of allylic oxidation sites excluding steroid dienone is 2. The van der Waals surface area contributed by atoms with Crippen LogP contribution < -0.4 is 10.3 Å². The number of rotatable bonds is 6. The highest BCUT2D eigenvalue weighted by Gasteiger charge is 2.31. The van der Waals surface area contributed by atoms with Crippen LogP contribution in [0.5, 0.6) is 5.75 Å². The van der Waals surface area contributed by atoms with Crippen LogP contribution in [-0.2, 0) is 24.3 Å². The summed E-state index contributed by atoms with van der Waals surface area (Å²) >= 11 is 0. The molecule has 1 N–H and O–H groups in total. The maximum atomic E-state index is 12.9. The van der Waals surface area contributed by atoms with Crippen molar-refractivity contribution in [2.24, 2.45) is 5.92 Å². The third-order valence-electron chi connectivity index (χ3n) is 7.21.